The average Bonchev–Trinajstić information content (AvgIpc) is 2.63. The quantitative estimate of drug-likeness (QED) is 0.419. The molecule has 0 spiro atoms. The standard InChI is InChI=1S/C27H44O4/c1-19(22(28)24(2,3)4)17-18-30-27(10,11)26(8,9)23(29)21(31-25(5,6)7)20-15-13-12-14-16-20/h12-16,19,21H,17-18H2,1-11H3. The van der Waals surface area contributed by atoms with E-state index in [4.69, 9.17) is 9.47 Å². The second-order valence-electron chi connectivity index (χ2n) is 11.7. The minimum Gasteiger partial charge on any atom is -0.375 e. The zero-order valence-corrected chi connectivity index (χ0v) is 21.6. The van der Waals surface area contributed by atoms with E-state index in [-0.39, 0.29) is 22.9 Å². The predicted octanol–water partition coefficient (Wildman–Crippen LogP) is 6.57. The molecule has 4 nitrogen and oxygen atoms in total. The molecule has 2 unspecified atom stereocenters. The third-order valence-corrected chi connectivity index (χ3v) is 6.13. The molecule has 0 amide bonds. The highest BCUT2D eigenvalue weighted by atomic mass is 16.5. The molecule has 0 bridgehead atoms. The number of ketones is 2. The van der Waals surface area contributed by atoms with E-state index >= 15 is 0 Å². The maximum atomic E-state index is 13.8. The molecule has 0 aromatic heterocycles. The van der Waals surface area contributed by atoms with Crippen molar-refractivity contribution in [2.24, 2.45) is 16.7 Å². The Balaban J connectivity index is 3.00. The van der Waals surface area contributed by atoms with Crippen LogP contribution in [-0.2, 0) is 19.1 Å². The maximum Gasteiger partial charge on any atom is 0.174 e. The first-order valence-corrected chi connectivity index (χ1v) is 11.4. The van der Waals surface area contributed by atoms with Gasteiger partial charge in [-0.05, 0) is 46.6 Å². The highest BCUT2D eigenvalue weighted by Crippen LogP contribution is 2.41. The van der Waals surface area contributed by atoms with E-state index in [0.29, 0.717) is 13.0 Å². The first-order chi connectivity index (χ1) is 13.9. The minimum absolute atomic E-state index is 0.0163. The Morgan fingerprint density at radius 2 is 1.35 bits per heavy atom. The summed E-state index contributed by atoms with van der Waals surface area (Å²) in [5.74, 6) is 0.125. The molecular weight excluding hydrogens is 388 g/mol. The highest BCUT2D eigenvalue weighted by molar-refractivity contribution is 5.90. The molecule has 0 aliphatic rings. The summed E-state index contributed by atoms with van der Waals surface area (Å²) < 4.78 is 12.5. The number of hydrogen-bond donors (Lipinski definition) is 0. The van der Waals surface area contributed by atoms with Crippen LogP contribution in [0.25, 0.3) is 0 Å². The molecule has 1 rings (SSSR count). The first kappa shape index (κ1) is 27.5. The van der Waals surface area contributed by atoms with E-state index in [2.05, 4.69) is 0 Å². The van der Waals surface area contributed by atoms with Gasteiger partial charge < -0.3 is 9.47 Å². The third kappa shape index (κ3) is 7.54. The molecule has 176 valence electrons. The smallest absolute Gasteiger partial charge is 0.174 e. The van der Waals surface area contributed by atoms with Crippen molar-refractivity contribution in [2.75, 3.05) is 6.61 Å². The van der Waals surface area contributed by atoms with Crippen molar-refractivity contribution in [3.8, 4) is 0 Å². The lowest BCUT2D eigenvalue weighted by Crippen LogP contribution is -2.50. The van der Waals surface area contributed by atoms with Gasteiger partial charge in [0, 0.05) is 17.9 Å². The normalized spacial score (nSPS) is 15.5. The monoisotopic (exact) mass is 432 g/mol. The summed E-state index contributed by atoms with van der Waals surface area (Å²) in [5.41, 5.74) is -1.54. The van der Waals surface area contributed by atoms with Crippen molar-refractivity contribution >= 4 is 11.6 Å². The summed E-state index contributed by atoms with van der Waals surface area (Å²) in [6.07, 6.45) is -0.0507. The Hall–Kier alpha value is -1.52. The predicted molar refractivity (Wildman–Crippen MR) is 127 cm³/mol. The molecule has 0 saturated carbocycles. The van der Waals surface area contributed by atoms with Crippen LogP contribution in [0.4, 0.5) is 0 Å². The molecule has 0 fully saturated rings. The van der Waals surface area contributed by atoms with Gasteiger partial charge in [-0.25, -0.2) is 0 Å². The van der Waals surface area contributed by atoms with Crippen molar-refractivity contribution in [2.45, 2.75) is 99.9 Å². The summed E-state index contributed by atoms with van der Waals surface area (Å²) in [6.45, 7) is 21.8. The lowest BCUT2D eigenvalue weighted by atomic mass is 9.71. The maximum absolute atomic E-state index is 13.8. The summed E-state index contributed by atoms with van der Waals surface area (Å²) in [6, 6.07) is 9.63. The molecule has 0 aliphatic carbocycles. The summed E-state index contributed by atoms with van der Waals surface area (Å²) in [5, 5.41) is 0. The lowest BCUT2D eigenvalue weighted by molar-refractivity contribution is -0.169. The van der Waals surface area contributed by atoms with Crippen LogP contribution >= 0.6 is 0 Å². The fraction of sp³-hybridized carbons (Fsp3) is 0.704. The van der Waals surface area contributed by atoms with Gasteiger partial charge >= 0.3 is 0 Å². The van der Waals surface area contributed by atoms with Crippen LogP contribution in [0.3, 0.4) is 0 Å². The van der Waals surface area contributed by atoms with E-state index in [1.54, 1.807) is 0 Å². The van der Waals surface area contributed by atoms with Crippen LogP contribution in [0.15, 0.2) is 30.3 Å². The lowest BCUT2D eigenvalue weighted by Gasteiger charge is -2.43. The van der Waals surface area contributed by atoms with Gasteiger partial charge in [0.15, 0.2) is 5.78 Å². The molecule has 0 N–H and O–H groups in total. The molecule has 0 aliphatic heterocycles. The van der Waals surface area contributed by atoms with E-state index < -0.39 is 22.7 Å². The molecule has 1 aromatic carbocycles. The van der Waals surface area contributed by atoms with Gasteiger partial charge in [-0.2, -0.15) is 0 Å². The van der Waals surface area contributed by atoms with Gasteiger partial charge in [-0.1, -0.05) is 71.9 Å². The fourth-order valence-corrected chi connectivity index (χ4v) is 3.42. The van der Waals surface area contributed by atoms with E-state index in [9.17, 15) is 9.59 Å². The Kier molecular flexibility index (Phi) is 8.84. The van der Waals surface area contributed by atoms with E-state index in [1.165, 1.54) is 0 Å². The number of carbonyl (C=O) groups excluding carboxylic acids is 2. The summed E-state index contributed by atoms with van der Waals surface area (Å²) >= 11 is 0. The second kappa shape index (κ2) is 9.95. The van der Waals surface area contributed by atoms with Gasteiger partial charge in [-0.3, -0.25) is 9.59 Å². The molecular formula is C27H44O4. The van der Waals surface area contributed by atoms with Crippen LogP contribution in [0, 0.1) is 16.7 Å². The SMILES string of the molecule is CC(CCOC(C)(C)C(C)(C)C(=O)C(OC(C)(C)C)c1ccccc1)C(=O)C(C)(C)C. The number of rotatable bonds is 10. The van der Waals surface area contributed by atoms with Gasteiger partial charge in [0.25, 0.3) is 0 Å². The number of hydrogen-bond acceptors (Lipinski definition) is 4. The van der Waals surface area contributed by atoms with Crippen LogP contribution in [0.1, 0.15) is 94.2 Å². The van der Waals surface area contributed by atoms with Gasteiger partial charge in [0.1, 0.15) is 11.9 Å². The summed E-state index contributed by atoms with van der Waals surface area (Å²) in [4.78, 5) is 26.2. The molecule has 2 atom stereocenters. The Morgan fingerprint density at radius 3 is 1.81 bits per heavy atom. The van der Waals surface area contributed by atoms with Crippen molar-refractivity contribution in [3.05, 3.63) is 35.9 Å². The largest absolute Gasteiger partial charge is 0.375 e. The third-order valence-electron chi connectivity index (χ3n) is 6.13. The fourth-order valence-electron chi connectivity index (χ4n) is 3.42. The van der Waals surface area contributed by atoms with Crippen molar-refractivity contribution in [1.82, 2.24) is 0 Å². The number of Topliss-reactive ketones (excluding diaryl/α,β-unsaturated/α-hetero) is 2. The zero-order valence-electron chi connectivity index (χ0n) is 21.6. The number of carbonyl (C=O) groups is 2. The van der Waals surface area contributed by atoms with Gasteiger partial charge in [0.2, 0.25) is 0 Å². The Labute approximate surface area is 190 Å². The number of benzene rings is 1. The topological polar surface area (TPSA) is 52.6 Å². The van der Waals surface area contributed by atoms with Crippen LogP contribution in [0.2, 0.25) is 0 Å². The zero-order chi connectivity index (χ0) is 24.3. The van der Waals surface area contributed by atoms with Gasteiger partial charge in [0.05, 0.1) is 16.6 Å². The van der Waals surface area contributed by atoms with Crippen molar-refractivity contribution < 1.29 is 19.1 Å². The van der Waals surface area contributed by atoms with Crippen molar-refractivity contribution in [1.29, 1.82) is 0 Å². The Bertz CT molecular complexity index is 733. The summed E-state index contributed by atoms with van der Waals surface area (Å²) in [7, 11) is 0. The minimum atomic E-state index is -0.809. The van der Waals surface area contributed by atoms with E-state index in [1.807, 2.05) is 106 Å². The van der Waals surface area contributed by atoms with Gasteiger partial charge in [-0.15, -0.1) is 0 Å². The molecule has 0 heterocycles. The number of ether oxygens (including phenoxy) is 2. The van der Waals surface area contributed by atoms with Crippen LogP contribution in [-0.4, -0.2) is 29.4 Å². The Morgan fingerprint density at radius 1 is 0.839 bits per heavy atom. The van der Waals surface area contributed by atoms with Crippen molar-refractivity contribution in [3.63, 3.8) is 0 Å². The van der Waals surface area contributed by atoms with Crippen LogP contribution in [0.5, 0.6) is 0 Å². The molecule has 4 heteroatoms. The molecule has 0 radical (unpaired) electrons. The second-order valence-corrected chi connectivity index (χ2v) is 11.7. The molecule has 31 heavy (non-hydrogen) atoms. The molecule has 1 aromatic rings. The van der Waals surface area contributed by atoms with Crippen LogP contribution < -0.4 is 0 Å². The van der Waals surface area contributed by atoms with E-state index in [0.717, 1.165) is 5.56 Å². The highest BCUT2D eigenvalue weighted by Gasteiger charge is 2.48. The first-order valence-electron chi connectivity index (χ1n) is 11.4. The molecule has 0 saturated heterocycles. The average molecular weight is 433 g/mol.